The summed E-state index contributed by atoms with van der Waals surface area (Å²) in [4.78, 5) is 27.7. The van der Waals surface area contributed by atoms with E-state index in [4.69, 9.17) is 4.74 Å². The van der Waals surface area contributed by atoms with Gasteiger partial charge in [0.05, 0.1) is 13.5 Å². The summed E-state index contributed by atoms with van der Waals surface area (Å²) in [6.45, 7) is 7.66. The van der Waals surface area contributed by atoms with Crippen LogP contribution in [0.5, 0.6) is 5.75 Å². The van der Waals surface area contributed by atoms with Crippen LogP contribution in [0.3, 0.4) is 0 Å². The zero-order chi connectivity index (χ0) is 17.8. The van der Waals surface area contributed by atoms with E-state index in [9.17, 15) is 9.59 Å². The van der Waals surface area contributed by atoms with Gasteiger partial charge in [-0.25, -0.2) is 0 Å². The molecule has 0 heterocycles. The third kappa shape index (κ3) is 7.46. The summed E-state index contributed by atoms with van der Waals surface area (Å²) in [5, 5.41) is 0. The van der Waals surface area contributed by atoms with E-state index >= 15 is 0 Å². The van der Waals surface area contributed by atoms with Gasteiger partial charge in [-0.05, 0) is 25.2 Å². The monoisotopic (exact) mass is 336 g/mol. The van der Waals surface area contributed by atoms with Crippen molar-refractivity contribution in [2.24, 2.45) is 0 Å². The van der Waals surface area contributed by atoms with Crippen LogP contribution >= 0.6 is 0 Å². The first-order valence-electron chi connectivity index (χ1n) is 8.35. The average molecular weight is 336 g/mol. The first-order chi connectivity index (χ1) is 11.6. The number of para-hydroxylation sites is 1. The van der Waals surface area contributed by atoms with Crippen molar-refractivity contribution < 1.29 is 19.1 Å². The smallest absolute Gasteiger partial charge is 0.307 e. The van der Waals surface area contributed by atoms with Gasteiger partial charge in [0.2, 0.25) is 0 Å². The minimum atomic E-state index is -0.320. The number of methoxy groups -OCH3 is 1. The van der Waals surface area contributed by atoms with Gasteiger partial charge in [-0.3, -0.25) is 9.59 Å². The van der Waals surface area contributed by atoms with Gasteiger partial charge >= 0.3 is 5.97 Å². The Morgan fingerprint density at radius 2 is 1.67 bits per heavy atom. The summed E-state index contributed by atoms with van der Waals surface area (Å²) in [6, 6.07) is 9.22. The fraction of sp³-hybridized carbons (Fsp3) is 0.556. The van der Waals surface area contributed by atoms with Crippen LogP contribution in [0.1, 0.15) is 20.3 Å². The molecule has 0 N–H and O–H groups in total. The summed E-state index contributed by atoms with van der Waals surface area (Å²) in [6.07, 6.45) is 0.186. The lowest BCUT2D eigenvalue weighted by Crippen LogP contribution is -2.42. The Morgan fingerprint density at radius 1 is 1.00 bits per heavy atom. The van der Waals surface area contributed by atoms with Gasteiger partial charge in [0.25, 0.3) is 5.91 Å². The minimum Gasteiger partial charge on any atom is -0.484 e. The number of rotatable bonds is 11. The fourth-order valence-corrected chi connectivity index (χ4v) is 2.24. The molecule has 0 saturated carbocycles. The van der Waals surface area contributed by atoms with Gasteiger partial charge in [-0.2, -0.15) is 0 Å². The molecule has 6 heteroatoms. The molecule has 0 aliphatic heterocycles. The molecule has 0 aliphatic rings. The Balaban J connectivity index is 2.56. The van der Waals surface area contributed by atoms with Crippen LogP contribution < -0.4 is 4.74 Å². The summed E-state index contributed by atoms with van der Waals surface area (Å²) in [5.74, 6) is 0.206. The van der Waals surface area contributed by atoms with Gasteiger partial charge < -0.3 is 19.3 Å². The van der Waals surface area contributed by atoms with E-state index in [1.807, 2.05) is 30.3 Å². The van der Waals surface area contributed by atoms with Gasteiger partial charge in [-0.15, -0.1) is 0 Å². The van der Waals surface area contributed by atoms with Crippen LogP contribution in [0.15, 0.2) is 30.3 Å². The molecule has 134 valence electrons. The molecule has 1 rings (SSSR count). The standard InChI is InChI=1S/C18H28N2O4/c1-4-19(5-2)13-14-20(12-11-18(22)23-3)17(21)15-24-16-9-7-6-8-10-16/h6-10H,4-5,11-15H2,1-3H3. The molecule has 6 nitrogen and oxygen atoms in total. The maximum atomic E-state index is 12.4. The molecule has 1 aromatic rings. The van der Waals surface area contributed by atoms with E-state index in [1.165, 1.54) is 7.11 Å². The molecule has 1 aromatic carbocycles. The highest BCUT2D eigenvalue weighted by atomic mass is 16.5. The minimum absolute atomic E-state index is 0.0383. The molecule has 1 amide bonds. The van der Waals surface area contributed by atoms with Crippen molar-refractivity contribution in [1.82, 2.24) is 9.80 Å². The Labute approximate surface area is 144 Å². The van der Waals surface area contributed by atoms with E-state index < -0.39 is 0 Å². The zero-order valence-corrected chi connectivity index (χ0v) is 14.9. The third-order valence-corrected chi connectivity index (χ3v) is 3.85. The molecule has 24 heavy (non-hydrogen) atoms. The maximum absolute atomic E-state index is 12.4. The summed E-state index contributed by atoms with van der Waals surface area (Å²) >= 11 is 0. The van der Waals surface area contributed by atoms with E-state index in [0.717, 1.165) is 19.6 Å². The van der Waals surface area contributed by atoms with E-state index in [0.29, 0.717) is 18.8 Å². The van der Waals surface area contributed by atoms with E-state index in [1.54, 1.807) is 4.90 Å². The second-order valence-corrected chi connectivity index (χ2v) is 5.34. The van der Waals surface area contributed by atoms with Gasteiger partial charge in [-0.1, -0.05) is 32.0 Å². The number of ether oxygens (including phenoxy) is 2. The predicted molar refractivity (Wildman–Crippen MR) is 92.9 cm³/mol. The van der Waals surface area contributed by atoms with E-state index in [-0.39, 0.29) is 24.9 Å². The molecule has 0 unspecified atom stereocenters. The normalized spacial score (nSPS) is 10.5. The lowest BCUT2D eigenvalue weighted by Gasteiger charge is -2.26. The number of carbonyl (C=O) groups is 2. The topological polar surface area (TPSA) is 59.1 Å². The first kappa shape index (κ1) is 20.0. The van der Waals surface area contributed by atoms with Crippen molar-refractivity contribution in [3.63, 3.8) is 0 Å². The van der Waals surface area contributed by atoms with Crippen LogP contribution in [0.25, 0.3) is 0 Å². The lowest BCUT2D eigenvalue weighted by molar-refractivity contribution is -0.142. The molecule has 0 spiro atoms. The van der Waals surface area contributed by atoms with Crippen LogP contribution in [-0.2, 0) is 14.3 Å². The number of hydrogen-bond acceptors (Lipinski definition) is 5. The van der Waals surface area contributed by atoms with Crippen LogP contribution in [0.4, 0.5) is 0 Å². The molecule has 0 bridgehead atoms. The summed E-state index contributed by atoms with van der Waals surface area (Å²) in [5.41, 5.74) is 0. The average Bonchev–Trinajstić information content (AvgIpc) is 2.63. The molecule has 0 radical (unpaired) electrons. The number of nitrogens with zero attached hydrogens (tertiary/aromatic N) is 2. The summed E-state index contributed by atoms with van der Waals surface area (Å²) < 4.78 is 10.2. The number of likely N-dealkylation sites (N-methyl/N-ethyl adjacent to an activating group) is 1. The molecular weight excluding hydrogens is 308 g/mol. The Morgan fingerprint density at radius 3 is 2.25 bits per heavy atom. The molecule has 0 fully saturated rings. The van der Waals surface area contributed by atoms with E-state index in [2.05, 4.69) is 23.5 Å². The highest BCUT2D eigenvalue weighted by Crippen LogP contribution is 2.08. The zero-order valence-electron chi connectivity index (χ0n) is 14.9. The van der Waals surface area contributed by atoms with Crippen molar-refractivity contribution in [2.75, 3.05) is 46.4 Å². The highest BCUT2D eigenvalue weighted by Gasteiger charge is 2.16. The molecule has 0 aliphatic carbocycles. The molecule has 0 aromatic heterocycles. The Hall–Kier alpha value is -2.08. The van der Waals surface area contributed by atoms with Crippen molar-refractivity contribution in [3.8, 4) is 5.75 Å². The van der Waals surface area contributed by atoms with Gasteiger partial charge in [0.1, 0.15) is 5.75 Å². The maximum Gasteiger partial charge on any atom is 0.307 e. The largest absolute Gasteiger partial charge is 0.484 e. The summed E-state index contributed by atoms with van der Waals surface area (Å²) in [7, 11) is 1.35. The van der Waals surface area contributed by atoms with Crippen LogP contribution in [0, 0.1) is 0 Å². The Bertz CT molecular complexity index is 489. The third-order valence-electron chi connectivity index (χ3n) is 3.85. The second-order valence-electron chi connectivity index (χ2n) is 5.34. The lowest BCUT2D eigenvalue weighted by atomic mass is 10.3. The molecule has 0 atom stereocenters. The second kappa shape index (κ2) is 11.5. The Kier molecular flexibility index (Phi) is 9.53. The quantitative estimate of drug-likeness (QED) is 0.577. The predicted octanol–water partition coefficient (Wildman–Crippen LogP) is 1.80. The highest BCUT2D eigenvalue weighted by molar-refractivity contribution is 5.78. The number of hydrogen-bond donors (Lipinski definition) is 0. The van der Waals surface area contributed by atoms with Gasteiger partial charge in [0.15, 0.2) is 6.61 Å². The fourth-order valence-electron chi connectivity index (χ4n) is 2.24. The van der Waals surface area contributed by atoms with Gasteiger partial charge in [0, 0.05) is 19.6 Å². The number of benzene rings is 1. The first-order valence-corrected chi connectivity index (χ1v) is 8.35. The number of esters is 1. The van der Waals surface area contributed by atoms with Crippen molar-refractivity contribution in [3.05, 3.63) is 30.3 Å². The van der Waals surface area contributed by atoms with Crippen LogP contribution in [0.2, 0.25) is 0 Å². The van der Waals surface area contributed by atoms with Crippen molar-refractivity contribution in [1.29, 1.82) is 0 Å². The molecular formula is C18H28N2O4. The van der Waals surface area contributed by atoms with Crippen LogP contribution in [-0.4, -0.2) is 68.1 Å². The molecule has 0 saturated heterocycles. The number of carbonyl (C=O) groups excluding carboxylic acids is 2. The number of amides is 1. The van der Waals surface area contributed by atoms with Crippen molar-refractivity contribution >= 4 is 11.9 Å². The SMILES string of the molecule is CCN(CC)CCN(CCC(=O)OC)C(=O)COc1ccccc1. The van der Waals surface area contributed by atoms with Crippen molar-refractivity contribution in [2.45, 2.75) is 20.3 Å².